The van der Waals surface area contributed by atoms with E-state index in [4.69, 9.17) is 0 Å². The molecule has 3 atom stereocenters. The Morgan fingerprint density at radius 1 is 1.38 bits per heavy atom. The van der Waals surface area contributed by atoms with Gasteiger partial charge >= 0.3 is 0 Å². The van der Waals surface area contributed by atoms with E-state index in [1.54, 1.807) is 0 Å². The van der Waals surface area contributed by atoms with Crippen LogP contribution in [0.25, 0.3) is 10.9 Å². The predicted octanol–water partition coefficient (Wildman–Crippen LogP) is 5.79. The second-order valence-corrected chi connectivity index (χ2v) is 7.59. The fourth-order valence-corrected chi connectivity index (χ4v) is 4.66. The second-order valence-electron chi connectivity index (χ2n) is 7.59. The summed E-state index contributed by atoms with van der Waals surface area (Å²) in [6.07, 6.45) is 11.0. The van der Waals surface area contributed by atoms with Crippen molar-refractivity contribution in [1.82, 2.24) is 9.88 Å². The Kier molecular flexibility index (Phi) is 6.18. The van der Waals surface area contributed by atoms with Gasteiger partial charge in [0.05, 0.1) is 0 Å². The molecule has 1 aliphatic heterocycles. The van der Waals surface area contributed by atoms with Crippen molar-refractivity contribution in [3.8, 4) is 0 Å². The smallest absolute Gasteiger partial charge is 0.254 e. The molecule has 1 amide bonds. The van der Waals surface area contributed by atoms with E-state index in [2.05, 4.69) is 36.4 Å². The van der Waals surface area contributed by atoms with Gasteiger partial charge in [0, 0.05) is 35.2 Å². The number of carbonyl (C=O) groups is 1. The van der Waals surface area contributed by atoms with Gasteiger partial charge in [0.15, 0.2) is 0 Å². The zero-order valence-corrected chi connectivity index (χ0v) is 16.2. The first kappa shape index (κ1) is 18.8. The van der Waals surface area contributed by atoms with Gasteiger partial charge in [-0.3, -0.25) is 4.79 Å². The van der Waals surface area contributed by atoms with E-state index in [0.717, 1.165) is 42.3 Å². The van der Waals surface area contributed by atoms with E-state index < -0.39 is 0 Å². The van der Waals surface area contributed by atoms with Crippen LogP contribution in [0, 0.1) is 11.8 Å². The molecule has 1 N–H and O–H groups in total. The van der Waals surface area contributed by atoms with Gasteiger partial charge in [-0.1, -0.05) is 45.3 Å². The van der Waals surface area contributed by atoms with Gasteiger partial charge in [-0.25, -0.2) is 0 Å². The van der Waals surface area contributed by atoms with Crippen LogP contribution in [0.4, 0.5) is 0 Å². The first-order chi connectivity index (χ1) is 12.7. The number of nitrogens with one attached hydrogen (secondary N) is 1. The van der Waals surface area contributed by atoms with Crippen LogP contribution in [-0.4, -0.2) is 28.4 Å². The molecule has 0 aliphatic carbocycles. The minimum Gasteiger partial charge on any atom is -0.361 e. The molecule has 1 aromatic carbocycles. The number of H-pyrrole nitrogens is 1. The molecule has 3 rings (SSSR count). The molecule has 1 saturated heterocycles. The molecular formula is C23H32N2O. The summed E-state index contributed by atoms with van der Waals surface area (Å²) in [5, 5.41) is 1.03. The van der Waals surface area contributed by atoms with Crippen LogP contribution >= 0.6 is 0 Å². The normalized spacial score (nSPS) is 21.7. The number of nitrogens with zero attached hydrogens (tertiary/aromatic N) is 1. The van der Waals surface area contributed by atoms with Crippen molar-refractivity contribution in [3.63, 3.8) is 0 Å². The summed E-state index contributed by atoms with van der Waals surface area (Å²) in [6, 6.07) is 8.27. The minimum absolute atomic E-state index is 0.182. The largest absolute Gasteiger partial charge is 0.361 e. The summed E-state index contributed by atoms with van der Waals surface area (Å²) in [7, 11) is 0. The predicted molar refractivity (Wildman–Crippen MR) is 109 cm³/mol. The van der Waals surface area contributed by atoms with E-state index in [9.17, 15) is 4.79 Å². The van der Waals surface area contributed by atoms with Crippen molar-refractivity contribution in [1.29, 1.82) is 0 Å². The Balaban J connectivity index is 1.95. The number of likely N-dealkylation sites (tertiary alicyclic amines) is 1. The van der Waals surface area contributed by atoms with Gasteiger partial charge in [-0.05, 0) is 49.3 Å². The van der Waals surface area contributed by atoms with Crippen LogP contribution < -0.4 is 0 Å². The molecule has 140 valence electrons. The lowest BCUT2D eigenvalue weighted by atomic mass is 9.77. The Labute approximate surface area is 157 Å². The summed E-state index contributed by atoms with van der Waals surface area (Å²) in [5.41, 5.74) is 1.85. The van der Waals surface area contributed by atoms with E-state index in [1.807, 2.05) is 30.5 Å². The molecule has 2 aromatic rings. The summed E-state index contributed by atoms with van der Waals surface area (Å²) in [5.74, 6) is 1.13. The highest BCUT2D eigenvalue weighted by Gasteiger charge is 2.37. The topological polar surface area (TPSA) is 36.1 Å². The molecular weight excluding hydrogens is 320 g/mol. The molecule has 0 bridgehead atoms. The number of rotatable bonds is 7. The highest BCUT2D eigenvalue weighted by atomic mass is 16.2. The minimum atomic E-state index is 0.182. The fraction of sp³-hybridized carbons (Fsp3) is 0.522. The number of fused-ring (bicyclic) bond motifs is 1. The van der Waals surface area contributed by atoms with Crippen molar-refractivity contribution in [2.24, 2.45) is 11.8 Å². The lowest BCUT2D eigenvalue weighted by Crippen LogP contribution is -2.51. The monoisotopic (exact) mass is 352 g/mol. The van der Waals surface area contributed by atoms with Crippen LogP contribution in [0.2, 0.25) is 0 Å². The van der Waals surface area contributed by atoms with Crippen molar-refractivity contribution in [2.45, 2.75) is 58.4 Å². The third-order valence-electron chi connectivity index (χ3n) is 6.06. The van der Waals surface area contributed by atoms with Gasteiger partial charge in [0.25, 0.3) is 5.91 Å². The zero-order valence-electron chi connectivity index (χ0n) is 16.2. The van der Waals surface area contributed by atoms with Gasteiger partial charge in [-0.15, -0.1) is 6.58 Å². The number of hydrogen-bond acceptors (Lipinski definition) is 1. The molecule has 2 heterocycles. The molecule has 3 heteroatoms. The van der Waals surface area contributed by atoms with Crippen LogP contribution in [-0.2, 0) is 0 Å². The molecule has 0 saturated carbocycles. The first-order valence-electron chi connectivity index (χ1n) is 10.2. The van der Waals surface area contributed by atoms with Gasteiger partial charge in [0.1, 0.15) is 0 Å². The molecule has 3 nitrogen and oxygen atoms in total. The summed E-state index contributed by atoms with van der Waals surface area (Å²) in [6.45, 7) is 9.47. The Morgan fingerprint density at radius 3 is 2.96 bits per heavy atom. The second kappa shape index (κ2) is 8.57. The summed E-state index contributed by atoms with van der Waals surface area (Å²) < 4.78 is 0. The van der Waals surface area contributed by atoms with Gasteiger partial charge in [0.2, 0.25) is 0 Å². The van der Waals surface area contributed by atoms with Crippen LogP contribution in [0.15, 0.2) is 43.1 Å². The van der Waals surface area contributed by atoms with E-state index >= 15 is 0 Å². The molecule has 0 radical (unpaired) electrons. The number of benzene rings is 1. The number of piperidine rings is 1. The molecule has 1 fully saturated rings. The Bertz CT molecular complexity index is 748. The standard InChI is InChI=1S/C23H32N2O/c1-4-7-10-17(5-2)22-18(6-3)11-9-16-25(22)23(26)20-12-8-13-21-19(20)14-15-24-21/h6,8,12-15,17-18,22,24H,3-5,7,9-11,16H2,1-2H3/t17?,18?,22-/m0/s1. The van der Waals surface area contributed by atoms with E-state index in [-0.39, 0.29) is 11.9 Å². The third kappa shape index (κ3) is 3.58. The lowest BCUT2D eigenvalue weighted by Gasteiger charge is -2.44. The van der Waals surface area contributed by atoms with Crippen molar-refractivity contribution in [3.05, 3.63) is 48.7 Å². The highest BCUT2D eigenvalue weighted by Crippen LogP contribution is 2.35. The number of amides is 1. The maximum Gasteiger partial charge on any atom is 0.254 e. The number of aromatic nitrogens is 1. The van der Waals surface area contributed by atoms with Crippen LogP contribution in [0.3, 0.4) is 0 Å². The number of unbranched alkanes of at least 4 members (excludes halogenated alkanes) is 1. The van der Waals surface area contributed by atoms with Gasteiger partial charge in [-0.2, -0.15) is 0 Å². The molecule has 0 spiro atoms. The molecule has 1 aromatic heterocycles. The maximum atomic E-state index is 13.6. The van der Waals surface area contributed by atoms with Crippen LogP contribution in [0.5, 0.6) is 0 Å². The summed E-state index contributed by atoms with van der Waals surface area (Å²) in [4.78, 5) is 18.9. The van der Waals surface area contributed by atoms with Crippen molar-refractivity contribution >= 4 is 16.8 Å². The quantitative estimate of drug-likeness (QED) is 0.629. The third-order valence-corrected chi connectivity index (χ3v) is 6.06. The first-order valence-corrected chi connectivity index (χ1v) is 10.2. The molecule has 1 aliphatic rings. The SMILES string of the molecule is C=CC1CCCN(C(=O)c2cccc3[nH]ccc23)[C@H]1C(CC)CCCC. The maximum absolute atomic E-state index is 13.6. The van der Waals surface area contributed by atoms with Crippen LogP contribution in [0.1, 0.15) is 62.7 Å². The lowest BCUT2D eigenvalue weighted by molar-refractivity contribution is 0.0390. The van der Waals surface area contributed by atoms with E-state index in [0.29, 0.717) is 11.8 Å². The number of carbonyl (C=O) groups excluding carboxylic acids is 1. The highest BCUT2D eigenvalue weighted by molar-refractivity contribution is 6.06. The van der Waals surface area contributed by atoms with Gasteiger partial charge < -0.3 is 9.88 Å². The number of hydrogen-bond donors (Lipinski definition) is 1. The molecule has 2 unspecified atom stereocenters. The average Bonchev–Trinajstić information content (AvgIpc) is 3.16. The van der Waals surface area contributed by atoms with Crippen molar-refractivity contribution in [2.75, 3.05) is 6.54 Å². The Morgan fingerprint density at radius 2 is 2.23 bits per heavy atom. The fourth-order valence-electron chi connectivity index (χ4n) is 4.66. The molecule has 26 heavy (non-hydrogen) atoms. The zero-order chi connectivity index (χ0) is 18.5. The summed E-state index contributed by atoms with van der Waals surface area (Å²) >= 11 is 0. The van der Waals surface area contributed by atoms with E-state index in [1.165, 1.54) is 19.3 Å². The van der Waals surface area contributed by atoms with Crippen molar-refractivity contribution < 1.29 is 4.79 Å². The number of aromatic amines is 1. The average molecular weight is 353 g/mol. The Hall–Kier alpha value is -2.03.